The highest BCUT2D eigenvalue weighted by Crippen LogP contribution is 2.22. The van der Waals surface area contributed by atoms with Gasteiger partial charge in [-0.15, -0.1) is 0 Å². The van der Waals surface area contributed by atoms with Crippen molar-refractivity contribution in [2.75, 3.05) is 5.75 Å². The number of thioether (sulfide) groups is 1. The topological polar surface area (TPSA) is 33.4 Å². The van der Waals surface area contributed by atoms with Gasteiger partial charge in [-0.2, -0.15) is 11.8 Å². The van der Waals surface area contributed by atoms with Crippen LogP contribution in [0.2, 0.25) is 0 Å². The summed E-state index contributed by atoms with van der Waals surface area (Å²) in [7, 11) is 0. The van der Waals surface area contributed by atoms with Crippen molar-refractivity contribution in [3.05, 3.63) is 24.2 Å². The highest BCUT2D eigenvalue weighted by molar-refractivity contribution is 7.99. The van der Waals surface area contributed by atoms with Crippen LogP contribution in [0.1, 0.15) is 32.1 Å². The van der Waals surface area contributed by atoms with E-state index in [4.69, 9.17) is 4.42 Å². The van der Waals surface area contributed by atoms with Crippen LogP contribution in [0.15, 0.2) is 22.8 Å². The molecule has 0 aliphatic carbocycles. The first-order chi connectivity index (χ1) is 6.24. The van der Waals surface area contributed by atoms with E-state index in [0.717, 1.165) is 6.42 Å². The van der Waals surface area contributed by atoms with Crippen molar-refractivity contribution >= 4 is 11.8 Å². The molecule has 0 saturated carbocycles. The summed E-state index contributed by atoms with van der Waals surface area (Å²) in [5.74, 6) is 1.37. The zero-order valence-corrected chi connectivity index (χ0v) is 8.88. The van der Waals surface area contributed by atoms with E-state index < -0.39 is 6.10 Å². The molecule has 2 unspecified atom stereocenters. The summed E-state index contributed by atoms with van der Waals surface area (Å²) in [6, 6.07) is 3.61. The first-order valence-electron chi connectivity index (χ1n) is 4.57. The van der Waals surface area contributed by atoms with Gasteiger partial charge in [0, 0.05) is 11.0 Å². The monoisotopic (exact) mass is 200 g/mol. The molecule has 0 bridgehead atoms. The number of hydrogen-bond acceptors (Lipinski definition) is 3. The van der Waals surface area contributed by atoms with Crippen molar-refractivity contribution in [1.29, 1.82) is 0 Å². The van der Waals surface area contributed by atoms with Crippen LogP contribution in [0.25, 0.3) is 0 Å². The molecule has 0 radical (unpaired) electrons. The largest absolute Gasteiger partial charge is 0.467 e. The van der Waals surface area contributed by atoms with Crippen molar-refractivity contribution in [3.8, 4) is 0 Å². The molecule has 1 N–H and O–H groups in total. The van der Waals surface area contributed by atoms with Crippen LogP contribution in [0.3, 0.4) is 0 Å². The quantitative estimate of drug-likeness (QED) is 0.793. The van der Waals surface area contributed by atoms with Crippen molar-refractivity contribution in [2.45, 2.75) is 31.6 Å². The smallest absolute Gasteiger partial charge is 0.133 e. The Bertz CT molecular complexity index is 221. The van der Waals surface area contributed by atoms with Crippen LogP contribution < -0.4 is 0 Å². The van der Waals surface area contributed by atoms with Crippen molar-refractivity contribution in [3.63, 3.8) is 0 Å². The summed E-state index contributed by atoms with van der Waals surface area (Å²) in [6.07, 6.45) is 2.26. The predicted molar refractivity (Wildman–Crippen MR) is 55.9 cm³/mol. The lowest BCUT2D eigenvalue weighted by molar-refractivity contribution is 0.174. The van der Waals surface area contributed by atoms with Gasteiger partial charge < -0.3 is 9.52 Å². The maximum Gasteiger partial charge on any atom is 0.133 e. The SMILES string of the molecule is CCC(C)SCC(O)c1ccco1. The lowest BCUT2D eigenvalue weighted by Gasteiger charge is -2.11. The van der Waals surface area contributed by atoms with Crippen LogP contribution in [-0.2, 0) is 0 Å². The van der Waals surface area contributed by atoms with E-state index in [9.17, 15) is 5.11 Å². The summed E-state index contributed by atoms with van der Waals surface area (Å²) in [5, 5.41) is 10.2. The first kappa shape index (κ1) is 10.7. The summed E-state index contributed by atoms with van der Waals surface area (Å²) in [4.78, 5) is 0. The van der Waals surface area contributed by atoms with Gasteiger partial charge in [-0.25, -0.2) is 0 Å². The van der Waals surface area contributed by atoms with E-state index in [1.165, 1.54) is 0 Å². The molecule has 0 saturated heterocycles. The Morgan fingerprint density at radius 2 is 2.38 bits per heavy atom. The lowest BCUT2D eigenvalue weighted by Crippen LogP contribution is -2.03. The molecule has 0 aliphatic rings. The van der Waals surface area contributed by atoms with Crippen LogP contribution in [0.5, 0.6) is 0 Å². The first-order valence-corrected chi connectivity index (χ1v) is 5.62. The Hall–Kier alpha value is -0.410. The molecule has 0 amide bonds. The molecule has 0 aliphatic heterocycles. The minimum absolute atomic E-state index is 0.464. The molecule has 0 aromatic carbocycles. The molecule has 0 fully saturated rings. The van der Waals surface area contributed by atoms with Crippen LogP contribution in [0, 0.1) is 0 Å². The molecule has 74 valence electrons. The van der Waals surface area contributed by atoms with Gasteiger partial charge >= 0.3 is 0 Å². The fraction of sp³-hybridized carbons (Fsp3) is 0.600. The maximum absolute atomic E-state index is 9.64. The number of aliphatic hydroxyl groups excluding tert-OH is 1. The number of furan rings is 1. The van der Waals surface area contributed by atoms with E-state index >= 15 is 0 Å². The molecule has 0 spiro atoms. The number of hydrogen-bond donors (Lipinski definition) is 1. The van der Waals surface area contributed by atoms with Gasteiger partial charge in [0.1, 0.15) is 11.9 Å². The van der Waals surface area contributed by atoms with E-state index in [-0.39, 0.29) is 0 Å². The Kier molecular flexibility index (Phi) is 4.39. The summed E-state index contributed by atoms with van der Waals surface area (Å²) in [6.45, 7) is 4.32. The zero-order chi connectivity index (χ0) is 9.68. The number of aliphatic hydroxyl groups is 1. The normalized spacial score (nSPS) is 15.6. The molecular weight excluding hydrogens is 184 g/mol. The minimum Gasteiger partial charge on any atom is -0.467 e. The Morgan fingerprint density at radius 3 is 2.92 bits per heavy atom. The van der Waals surface area contributed by atoms with Crippen molar-refractivity contribution in [1.82, 2.24) is 0 Å². The minimum atomic E-state index is -0.464. The average molecular weight is 200 g/mol. The molecule has 2 atom stereocenters. The summed E-state index contributed by atoms with van der Waals surface area (Å²) in [5.41, 5.74) is 0. The van der Waals surface area contributed by atoms with E-state index in [1.807, 2.05) is 6.07 Å². The van der Waals surface area contributed by atoms with Gasteiger partial charge in [0.25, 0.3) is 0 Å². The fourth-order valence-electron chi connectivity index (χ4n) is 0.936. The second-order valence-corrected chi connectivity index (χ2v) is 4.55. The third-order valence-electron chi connectivity index (χ3n) is 1.99. The average Bonchev–Trinajstić information content (AvgIpc) is 2.66. The van der Waals surface area contributed by atoms with Crippen molar-refractivity contribution < 1.29 is 9.52 Å². The standard InChI is InChI=1S/C10H16O2S/c1-3-8(2)13-7-9(11)10-5-4-6-12-10/h4-6,8-9,11H,3,7H2,1-2H3. The molecule has 1 aromatic heterocycles. The number of rotatable bonds is 5. The highest BCUT2D eigenvalue weighted by atomic mass is 32.2. The molecule has 2 nitrogen and oxygen atoms in total. The van der Waals surface area contributed by atoms with Gasteiger partial charge in [-0.05, 0) is 18.6 Å². The molecular formula is C10H16O2S. The predicted octanol–water partition coefficient (Wildman–Crippen LogP) is 2.84. The summed E-state index contributed by atoms with van der Waals surface area (Å²) >= 11 is 1.77. The maximum atomic E-state index is 9.64. The summed E-state index contributed by atoms with van der Waals surface area (Å²) < 4.78 is 5.10. The molecule has 1 heterocycles. The highest BCUT2D eigenvalue weighted by Gasteiger charge is 2.11. The molecule has 1 rings (SSSR count). The Labute approximate surface area is 83.3 Å². The second-order valence-electron chi connectivity index (χ2n) is 3.08. The van der Waals surface area contributed by atoms with Crippen molar-refractivity contribution in [2.24, 2.45) is 0 Å². The van der Waals surface area contributed by atoms with E-state index in [1.54, 1.807) is 24.1 Å². The van der Waals surface area contributed by atoms with Crippen LogP contribution >= 0.6 is 11.8 Å². The van der Waals surface area contributed by atoms with E-state index in [2.05, 4.69) is 13.8 Å². The molecule has 1 aromatic rings. The van der Waals surface area contributed by atoms with Gasteiger partial charge in [-0.1, -0.05) is 13.8 Å². The van der Waals surface area contributed by atoms with Gasteiger partial charge in [-0.3, -0.25) is 0 Å². The fourth-order valence-corrected chi connectivity index (χ4v) is 1.85. The van der Waals surface area contributed by atoms with Gasteiger partial charge in [0.15, 0.2) is 0 Å². The third-order valence-corrected chi connectivity index (χ3v) is 3.40. The Balaban J connectivity index is 2.30. The Morgan fingerprint density at radius 1 is 1.62 bits per heavy atom. The molecule has 3 heteroatoms. The lowest BCUT2D eigenvalue weighted by atomic mass is 10.3. The van der Waals surface area contributed by atoms with Gasteiger partial charge in [0.05, 0.1) is 6.26 Å². The zero-order valence-electron chi connectivity index (χ0n) is 8.06. The second kappa shape index (κ2) is 5.35. The van der Waals surface area contributed by atoms with Crippen LogP contribution in [0.4, 0.5) is 0 Å². The third kappa shape index (κ3) is 3.44. The van der Waals surface area contributed by atoms with Crippen LogP contribution in [-0.4, -0.2) is 16.1 Å². The van der Waals surface area contributed by atoms with E-state index in [0.29, 0.717) is 16.8 Å². The van der Waals surface area contributed by atoms with Gasteiger partial charge in [0.2, 0.25) is 0 Å². The molecule has 13 heavy (non-hydrogen) atoms.